The minimum Gasteiger partial charge on any atom is -0.352 e. The summed E-state index contributed by atoms with van der Waals surface area (Å²) in [6.07, 6.45) is 3.46. The Labute approximate surface area is 134 Å². The van der Waals surface area contributed by atoms with Crippen molar-refractivity contribution in [2.75, 3.05) is 5.32 Å². The molecule has 0 amide bonds. The highest BCUT2D eigenvalue weighted by Gasteiger charge is 2.09. The third-order valence-corrected chi connectivity index (χ3v) is 3.66. The number of halogens is 1. The molecule has 0 spiro atoms. The Bertz CT molecular complexity index is 857. The van der Waals surface area contributed by atoms with E-state index in [4.69, 9.17) is 0 Å². The lowest BCUT2D eigenvalue weighted by Crippen LogP contribution is -2.12. The molecule has 4 nitrogen and oxygen atoms in total. The van der Waals surface area contributed by atoms with Crippen molar-refractivity contribution in [1.29, 1.82) is 0 Å². The number of aryl methyl sites for hydroxylation is 2. The van der Waals surface area contributed by atoms with Crippen molar-refractivity contribution >= 4 is 16.9 Å². The van der Waals surface area contributed by atoms with E-state index in [9.17, 15) is 4.39 Å². The second-order valence-corrected chi connectivity index (χ2v) is 6.04. The minimum absolute atomic E-state index is 0.241. The fraction of sp³-hybridized carbons (Fsp3) is 0.278. The monoisotopic (exact) mass is 310 g/mol. The summed E-state index contributed by atoms with van der Waals surface area (Å²) in [6, 6.07) is 5.57. The van der Waals surface area contributed by atoms with Crippen molar-refractivity contribution in [3.8, 4) is 11.3 Å². The number of nitrogens with one attached hydrogen (secondary N) is 1. The molecule has 0 saturated heterocycles. The van der Waals surface area contributed by atoms with Gasteiger partial charge in [0.15, 0.2) is 0 Å². The normalized spacial score (nSPS) is 11.2. The molecule has 0 bridgehead atoms. The summed E-state index contributed by atoms with van der Waals surface area (Å²) in [5.41, 5.74) is 3.88. The molecule has 0 fully saturated rings. The third-order valence-electron chi connectivity index (χ3n) is 3.66. The molecular formula is C18H19FN4. The average molecular weight is 310 g/mol. The molecule has 0 atom stereocenters. The van der Waals surface area contributed by atoms with Crippen molar-refractivity contribution < 1.29 is 4.39 Å². The smallest absolute Gasteiger partial charge is 0.222 e. The zero-order chi connectivity index (χ0) is 16.6. The van der Waals surface area contributed by atoms with Gasteiger partial charge in [0.05, 0.1) is 11.2 Å². The van der Waals surface area contributed by atoms with Crippen LogP contribution in [0.4, 0.5) is 10.3 Å². The van der Waals surface area contributed by atoms with E-state index in [0.717, 1.165) is 22.2 Å². The van der Waals surface area contributed by atoms with Gasteiger partial charge < -0.3 is 5.32 Å². The number of fused-ring (bicyclic) bond motifs is 1. The molecule has 2 aromatic heterocycles. The molecule has 118 valence electrons. The maximum absolute atomic E-state index is 13.8. The summed E-state index contributed by atoms with van der Waals surface area (Å²) in [4.78, 5) is 13.2. The van der Waals surface area contributed by atoms with Crippen LogP contribution < -0.4 is 5.32 Å². The molecular weight excluding hydrogens is 291 g/mol. The number of nitrogens with zero attached hydrogens (tertiary/aromatic N) is 3. The van der Waals surface area contributed by atoms with Crippen LogP contribution in [0.25, 0.3) is 22.2 Å². The number of benzene rings is 1. The van der Waals surface area contributed by atoms with Crippen molar-refractivity contribution in [2.24, 2.45) is 0 Å². The summed E-state index contributed by atoms with van der Waals surface area (Å²) < 4.78 is 13.8. The Morgan fingerprint density at radius 2 is 1.70 bits per heavy atom. The van der Waals surface area contributed by atoms with Crippen LogP contribution in [0.3, 0.4) is 0 Å². The molecule has 2 heterocycles. The SMILES string of the molecule is Cc1cc2c(C)cc(-c3cnc(NC(C)C)nc3)nc2cc1F. The first-order valence-electron chi connectivity index (χ1n) is 7.60. The number of pyridine rings is 1. The highest BCUT2D eigenvalue weighted by atomic mass is 19.1. The maximum Gasteiger partial charge on any atom is 0.222 e. The first-order chi connectivity index (χ1) is 10.9. The number of hydrogen-bond donors (Lipinski definition) is 1. The van der Waals surface area contributed by atoms with Gasteiger partial charge in [0.1, 0.15) is 5.82 Å². The Kier molecular flexibility index (Phi) is 3.94. The van der Waals surface area contributed by atoms with Gasteiger partial charge >= 0.3 is 0 Å². The summed E-state index contributed by atoms with van der Waals surface area (Å²) >= 11 is 0. The van der Waals surface area contributed by atoms with Crippen molar-refractivity contribution in [3.63, 3.8) is 0 Å². The van der Waals surface area contributed by atoms with Crippen LogP contribution >= 0.6 is 0 Å². The minimum atomic E-state index is -0.241. The molecule has 3 aromatic rings. The van der Waals surface area contributed by atoms with Gasteiger partial charge in [-0.1, -0.05) is 0 Å². The van der Waals surface area contributed by atoms with Gasteiger partial charge in [-0.25, -0.2) is 19.3 Å². The Morgan fingerprint density at radius 1 is 1.00 bits per heavy atom. The van der Waals surface area contributed by atoms with Gasteiger partial charge in [-0.15, -0.1) is 0 Å². The molecule has 0 aliphatic heterocycles. The molecule has 0 radical (unpaired) electrons. The first kappa shape index (κ1) is 15.3. The highest BCUT2D eigenvalue weighted by Crippen LogP contribution is 2.26. The summed E-state index contributed by atoms with van der Waals surface area (Å²) in [7, 11) is 0. The summed E-state index contributed by atoms with van der Waals surface area (Å²) in [5, 5.41) is 4.11. The van der Waals surface area contributed by atoms with Crippen LogP contribution in [-0.2, 0) is 0 Å². The van der Waals surface area contributed by atoms with E-state index in [-0.39, 0.29) is 11.9 Å². The van der Waals surface area contributed by atoms with Gasteiger partial charge in [0, 0.05) is 35.5 Å². The fourth-order valence-electron chi connectivity index (χ4n) is 2.47. The summed E-state index contributed by atoms with van der Waals surface area (Å²) in [6.45, 7) is 7.82. The van der Waals surface area contributed by atoms with E-state index in [1.807, 2.05) is 32.9 Å². The zero-order valence-electron chi connectivity index (χ0n) is 13.7. The second-order valence-electron chi connectivity index (χ2n) is 6.04. The first-order valence-corrected chi connectivity index (χ1v) is 7.60. The van der Waals surface area contributed by atoms with E-state index in [1.165, 1.54) is 6.07 Å². The average Bonchev–Trinajstić information content (AvgIpc) is 2.49. The topological polar surface area (TPSA) is 50.7 Å². The van der Waals surface area contributed by atoms with Crippen molar-refractivity contribution in [3.05, 3.63) is 47.5 Å². The highest BCUT2D eigenvalue weighted by molar-refractivity contribution is 5.85. The van der Waals surface area contributed by atoms with E-state index in [2.05, 4.69) is 20.3 Å². The van der Waals surface area contributed by atoms with E-state index >= 15 is 0 Å². The van der Waals surface area contributed by atoms with Gasteiger partial charge in [-0.3, -0.25) is 0 Å². The molecule has 23 heavy (non-hydrogen) atoms. The lowest BCUT2D eigenvalue weighted by molar-refractivity contribution is 0.620. The van der Waals surface area contributed by atoms with Crippen LogP contribution in [0.15, 0.2) is 30.6 Å². The Hall–Kier alpha value is -2.56. The number of anilines is 1. The fourth-order valence-corrected chi connectivity index (χ4v) is 2.47. The standard InChI is InChI=1S/C18H19FN4/c1-10(2)22-18-20-8-13(9-21-18)16-6-11(3)14-5-12(4)15(19)7-17(14)23-16/h5-10H,1-4H3,(H,20,21,22). The van der Waals surface area contributed by atoms with Crippen LogP contribution in [0, 0.1) is 19.7 Å². The molecule has 1 N–H and O–H groups in total. The van der Waals surface area contributed by atoms with Crippen LogP contribution in [-0.4, -0.2) is 21.0 Å². The molecule has 0 aliphatic rings. The largest absolute Gasteiger partial charge is 0.352 e. The van der Waals surface area contributed by atoms with Crippen molar-refractivity contribution in [1.82, 2.24) is 15.0 Å². The zero-order valence-corrected chi connectivity index (χ0v) is 13.7. The van der Waals surface area contributed by atoms with Crippen LogP contribution in [0.2, 0.25) is 0 Å². The molecule has 1 aromatic carbocycles. The lowest BCUT2D eigenvalue weighted by atomic mass is 10.0. The predicted octanol–water partition coefficient (Wildman–Crippen LogP) is 4.27. The lowest BCUT2D eigenvalue weighted by Gasteiger charge is -2.10. The van der Waals surface area contributed by atoms with Gasteiger partial charge in [0.2, 0.25) is 5.95 Å². The number of hydrogen-bond acceptors (Lipinski definition) is 4. The van der Waals surface area contributed by atoms with E-state index in [0.29, 0.717) is 17.0 Å². The van der Waals surface area contributed by atoms with E-state index in [1.54, 1.807) is 19.3 Å². The third kappa shape index (κ3) is 3.13. The van der Waals surface area contributed by atoms with Crippen LogP contribution in [0.1, 0.15) is 25.0 Å². The Balaban J connectivity index is 2.04. The number of rotatable bonds is 3. The molecule has 0 saturated carbocycles. The van der Waals surface area contributed by atoms with E-state index < -0.39 is 0 Å². The molecule has 3 rings (SSSR count). The van der Waals surface area contributed by atoms with Gasteiger partial charge in [-0.05, 0) is 51.0 Å². The molecule has 0 aliphatic carbocycles. The molecule has 0 unspecified atom stereocenters. The van der Waals surface area contributed by atoms with Crippen molar-refractivity contribution in [2.45, 2.75) is 33.7 Å². The Morgan fingerprint density at radius 3 is 2.35 bits per heavy atom. The van der Waals surface area contributed by atoms with Crippen LogP contribution in [0.5, 0.6) is 0 Å². The van der Waals surface area contributed by atoms with Gasteiger partial charge in [0.25, 0.3) is 0 Å². The van der Waals surface area contributed by atoms with Gasteiger partial charge in [-0.2, -0.15) is 0 Å². The maximum atomic E-state index is 13.8. The number of aromatic nitrogens is 3. The predicted molar refractivity (Wildman–Crippen MR) is 91.0 cm³/mol. The quantitative estimate of drug-likeness (QED) is 0.785. The molecule has 5 heteroatoms. The second kappa shape index (κ2) is 5.91. The summed E-state index contributed by atoms with van der Waals surface area (Å²) in [5.74, 6) is 0.345.